The summed E-state index contributed by atoms with van der Waals surface area (Å²) < 4.78 is 0. The fraction of sp³-hybridized carbons (Fsp3) is 0.909. The van der Waals surface area contributed by atoms with E-state index >= 15 is 0 Å². The molecule has 0 radical (unpaired) electrons. The van der Waals surface area contributed by atoms with E-state index in [2.05, 4.69) is 56.6 Å². The van der Waals surface area contributed by atoms with Gasteiger partial charge < -0.3 is 4.90 Å². The van der Waals surface area contributed by atoms with E-state index in [-0.39, 0.29) is 5.54 Å². The zero-order chi connectivity index (χ0) is 10.9. The van der Waals surface area contributed by atoms with Crippen LogP contribution in [0.2, 0.25) is 0 Å². The van der Waals surface area contributed by atoms with Crippen LogP contribution >= 0.6 is 0 Å². The molecule has 1 aliphatic rings. The van der Waals surface area contributed by atoms with Gasteiger partial charge in [0.2, 0.25) is 0 Å². The van der Waals surface area contributed by atoms with E-state index in [0.717, 1.165) is 6.54 Å². The van der Waals surface area contributed by atoms with Gasteiger partial charge in [0.1, 0.15) is 12.5 Å². The highest BCUT2D eigenvalue weighted by molar-refractivity contribution is 5.58. The largest absolute Gasteiger partial charge is 0.334 e. The third kappa shape index (κ3) is 2.02. The van der Waals surface area contributed by atoms with E-state index in [1.165, 1.54) is 0 Å². The number of hydrazone groups is 1. The van der Waals surface area contributed by atoms with Gasteiger partial charge in [-0.2, -0.15) is 5.10 Å². The van der Waals surface area contributed by atoms with Gasteiger partial charge in [-0.05, 0) is 33.6 Å². The minimum atomic E-state index is 0.155. The lowest BCUT2D eigenvalue weighted by atomic mass is 10.0. The Hall–Kier alpha value is -0.730. The van der Waals surface area contributed by atoms with Gasteiger partial charge in [0.05, 0.1) is 0 Å². The van der Waals surface area contributed by atoms with Crippen molar-refractivity contribution < 1.29 is 0 Å². The Morgan fingerprint density at radius 3 is 2.29 bits per heavy atom. The molecular weight excluding hydrogens is 174 g/mol. The molecule has 0 bridgehead atoms. The lowest BCUT2D eigenvalue weighted by molar-refractivity contribution is 0.0456. The summed E-state index contributed by atoms with van der Waals surface area (Å²) in [6.07, 6.45) is 2.40. The molecule has 82 valence electrons. The average molecular weight is 197 g/mol. The molecule has 0 aromatic carbocycles. The molecule has 14 heavy (non-hydrogen) atoms. The van der Waals surface area contributed by atoms with Crippen molar-refractivity contribution in [3.8, 4) is 0 Å². The Kier molecular flexibility index (Phi) is 3.07. The second-order valence-electron chi connectivity index (χ2n) is 5.22. The van der Waals surface area contributed by atoms with Crippen LogP contribution in [-0.2, 0) is 0 Å². The predicted molar refractivity (Wildman–Crippen MR) is 61.1 cm³/mol. The quantitative estimate of drug-likeness (QED) is 0.676. The van der Waals surface area contributed by atoms with Gasteiger partial charge in [0, 0.05) is 12.1 Å². The first kappa shape index (κ1) is 11.3. The maximum absolute atomic E-state index is 4.44. The van der Waals surface area contributed by atoms with Crippen molar-refractivity contribution in [3.63, 3.8) is 0 Å². The zero-order valence-corrected chi connectivity index (χ0v) is 10.3. The minimum absolute atomic E-state index is 0.155. The van der Waals surface area contributed by atoms with Crippen LogP contribution in [0.15, 0.2) is 5.10 Å². The van der Waals surface area contributed by atoms with Crippen molar-refractivity contribution in [2.75, 3.05) is 6.54 Å². The molecule has 0 aliphatic carbocycles. The van der Waals surface area contributed by atoms with E-state index in [0.29, 0.717) is 12.1 Å². The van der Waals surface area contributed by atoms with E-state index < -0.39 is 0 Å². The summed E-state index contributed by atoms with van der Waals surface area (Å²) in [4.78, 5) is 2.35. The Morgan fingerprint density at radius 2 is 1.93 bits per heavy atom. The van der Waals surface area contributed by atoms with E-state index in [4.69, 9.17) is 0 Å². The Bertz CT molecular complexity index is 215. The van der Waals surface area contributed by atoms with Gasteiger partial charge in [-0.25, -0.2) is 0 Å². The van der Waals surface area contributed by atoms with Crippen molar-refractivity contribution in [1.29, 1.82) is 0 Å². The molecule has 3 heteroatoms. The molecule has 1 rings (SSSR count). The standard InChI is InChI=1S/C11H23N3/c1-7-14-10(9(2)3)13(8-12-14)11(4,5)6/h8-10H,7H2,1-6H3. The lowest BCUT2D eigenvalue weighted by Gasteiger charge is -2.40. The summed E-state index contributed by atoms with van der Waals surface area (Å²) in [5.41, 5.74) is 0.155. The summed E-state index contributed by atoms with van der Waals surface area (Å²) >= 11 is 0. The third-order valence-corrected chi connectivity index (χ3v) is 2.61. The van der Waals surface area contributed by atoms with E-state index in [9.17, 15) is 0 Å². The molecule has 0 spiro atoms. The number of nitrogens with zero attached hydrogens (tertiary/aromatic N) is 3. The lowest BCUT2D eigenvalue weighted by Crippen LogP contribution is -2.51. The van der Waals surface area contributed by atoms with Crippen molar-refractivity contribution in [1.82, 2.24) is 9.91 Å². The van der Waals surface area contributed by atoms with Gasteiger partial charge in [0.25, 0.3) is 0 Å². The first-order chi connectivity index (χ1) is 6.38. The van der Waals surface area contributed by atoms with Crippen molar-refractivity contribution >= 4 is 6.34 Å². The molecule has 0 saturated heterocycles. The van der Waals surface area contributed by atoms with Crippen LogP contribution in [0.4, 0.5) is 0 Å². The monoisotopic (exact) mass is 197 g/mol. The van der Waals surface area contributed by atoms with Gasteiger partial charge in [-0.15, -0.1) is 0 Å². The van der Waals surface area contributed by atoms with Gasteiger partial charge in [-0.1, -0.05) is 13.8 Å². The van der Waals surface area contributed by atoms with Crippen LogP contribution in [0.1, 0.15) is 41.5 Å². The molecule has 0 fully saturated rings. The third-order valence-electron chi connectivity index (χ3n) is 2.61. The summed E-state index contributed by atoms with van der Waals surface area (Å²) in [7, 11) is 0. The first-order valence-corrected chi connectivity index (χ1v) is 5.47. The molecule has 0 saturated carbocycles. The Morgan fingerprint density at radius 1 is 1.36 bits per heavy atom. The fourth-order valence-corrected chi connectivity index (χ4v) is 1.91. The van der Waals surface area contributed by atoms with E-state index in [1.807, 2.05) is 6.34 Å². The second kappa shape index (κ2) is 3.79. The first-order valence-electron chi connectivity index (χ1n) is 5.47. The van der Waals surface area contributed by atoms with Gasteiger partial charge in [-0.3, -0.25) is 5.01 Å². The molecule has 1 aliphatic heterocycles. The number of hydrogen-bond acceptors (Lipinski definition) is 3. The van der Waals surface area contributed by atoms with Crippen LogP contribution in [0.3, 0.4) is 0 Å². The van der Waals surface area contributed by atoms with Crippen molar-refractivity contribution in [3.05, 3.63) is 0 Å². The molecule has 3 nitrogen and oxygen atoms in total. The molecule has 1 atom stereocenters. The van der Waals surface area contributed by atoms with Gasteiger partial charge in [0.15, 0.2) is 0 Å². The fourth-order valence-electron chi connectivity index (χ4n) is 1.91. The minimum Gasteiger partial charge on any atom is -0.334 e. The van der Waals surface area contributed by atoms with Crippen LogP contribution in [0.25, 0.3) is 0 Å². The maximum atomic E-state index is 4.44. The van der Waals surface area contributed by atoms with Crippen LogP contribution in [-0.4, -0.2) is 34.5 Å². The molecule has 0 aromatic rings. The van der Waals surface area contributed by atoms with Crippen LogP contribution in [0, 0.1) is 5.92 Å². The molecule has 0 amide bonds. The number of rotatable bonds is 2. The zero-order valence-electron chi connectivity index (χ0n) is 10.3. The highest BCUT2D eigenvalue weighted by Gasteiger charge is 2.35. The van der Waals surface area contributed by atoms with E-state index in [1.54, 1.807) is 0 Å². The predicted octanol–water partition coefficient (Wildman–Crippen LogP) is 2.35. The van der Waals surface area contributed by atoms with Gasteiger partial charge >= 0.3 is 0 Å². The normalized spacial score (nSPS) is 22.6. The van der Waals surface area contributed by atoms with Crippen molar-refractivity contribution in [2.45, 2.75) is 53.2 Å². The summed E-state index contributed by atoms with van der Waals surface area (Å²) in [5.74, 6) is 0.594. The smallest absolute Gasteiger partial charge is 0.121 e. The highest BCUT2D eigenvalue weighted by atomic mass is 15.6. The summed E-state index contributed by atoms with van der Waals surface area (Å²) in [6, 6.07) is 0. The van der Waals surface area contributed by atoms with Crippen LogP contribution < -0.4 is 0 Å². The molecular formula is C11H23N3. The summed E-state index contributed by atoms with van der Waals surface area (Å²) in [6.45, 7) is 14.3. The highest BCUT2D eigenvalue weighted by Crippen LogP contribution is 2.26. The summed E-state index contributed by atoms with van der Waals surface area (Å²) in [5, 5.41) is 6.60. The second-order valence-corrected chi connectivity index (χ2v) is 5.22. The van der Waals surface area contributed by atoms with Crippen LogP contribution in [0.5, 0.6) is 0 Å². The maximum Gasteiger partial charge on any atom is 0.121 e. The molecule has 0 aromatic heterocycles. The molecule has 1 unspecified atom stereocenters. The molecule has 1 heterocycles. The van der Waals surface area contributed by atoms with Crippen molar-refractivity contribution in [2.24, 2.45) is 11.0 Å². The Balaban J connectivity index is 2.84. The topological polar surface area (TPSA) is 18.8 Å². The average Bonchev–Trinajstić information content (AvgIpc) is 2.45. The SMILES string of the molecule is CCN1N=CN(C(C)(C)C)C1C(C)C. The Labute approximate surface area is 87.8 Å². The number of hydrogen-bond donors (Lipinski definition) is 0. The molecule has 0 N–H and O–H groups in total.